The Bertz CT molecular complexity index is 872. The number of nitrogens with one attached hydrogen (secondary N) is 1. The van der Waals surface area contributed by atoms with Crippen LogP contribution in [0.3, 0.4) is 0 Å². The fourth-order valence-electron chi connectivity index (χ4n) is 3.70. The van der Waals surface area contributed by atoms with Gasteiger partial charge < -0.3 is 24.8 Å². The van der Waals surface area contributed by atoms with Crippen LogP contribution in [-0.4, -0.2) is 79.3 Å². The minimum atomic E-state index is -0.733. The van der Waals surface area contributed by atoms with E-state index < -0.39 is 6.09 Å². The number of nitrogens with zero attached hydrogens (tertiary/aromatic N) is 2. The summed E-state index contributed by atoms with van der Waals surface area (Å²) in [5.41, 5.74) is 0.523. The fourth-order valence-corrected chi connectivity index (χ4v) is 3.70. The summed E-state index contributed by atoms with van der Waals surface area (Å²) < 4.78 is 10.3. The van der Waals surface area contributed by atoms with Gasteiger partial charge in [-0.2, -0.15) is 0 Å². The highest BCUT2D eigenvalue weighted by Crippen LogP contribution is 2.25. The van der Waals surface area contributed by atoms with E-state index in [4.69, 9.17) is 9.47 Å². The summed E-state index contributed by atoms with van der Waals surface area (Å²) in [6.45, 7) is 8.82. The third-order valence-electron chi connectivity index (χ3n) is 5.06. The van der Waals surface area contributed by atoms with Gasteiger partial charge in [0, 0.05) is 37.3 Å². The number of hydrogen-bond donors (Lipinski definition) is 2. The highest BCUT2D eigenvalue weighted by Gasteiger charge is 2.17. The number of phenolic OH excluding ortho intramolecular Hbond substituents is 1. The molecule has 0 atom stereocenters. The summed E-state index contributed by atoms with van der Waals surface area (Å²) in [6.07, 6.45) is 5.42. The average Bonchev–Trinajstić information content (AvgIpc) is 2.75. The molecule has 188 valence electrons. The second-order valence-corrected chi connectivity index (χ2v) is 9.71. The molecule has 1 saturated heterocycles. The van der Waals surface area contributed by atoms with Gasteiger partial charge in [-0.15, -0.1) is 0 Å². The Morgan fingerprint density at radius 2 is 1.88 bits per heavy atom. The summed E-state index contributed by atoms with van der Waals surface area (Å²) in [6, 6.07) is 4.39. The van der Waals surface area contributed by atoms with Crippen molar-refractivity contribution < 1.29 is 29.0 Å². The summed E-state index contributed by atoms with van der Waals surface area (Å²) in [7, 11) is 1.85. The van der Waals surface area contributed by atoms with Crippen LogP contribution in [-0.2, 0) is 14.3 Å². The van der Waals surface area contributed by atoms with E-state index in [9.17, 15) is 19.5 Å². The molecule has 9 heteroatoms. The van der Waals surface area contributed by atoms with E-state index in [1.165, 1.54) is 18.2 Å². The van der Waals surface area contributed by atoms with Gasteiger partial charge in [0.1, 0.15) is 18.1 Å². The first-order valence-corrected chi connectivity index (χ1v) is 11.6. The maximum absolute atomic E-state index is 12.2. The van der Waals surface area contributed by atoms with Crippen molar-refractivity contribution in [2.24, 2.45) is 5.41 Å². The van der Waals surface area contributed by atoms with Gasteiger partial charge in [-0.05, 0) is 49.9 Å². The smallest absolute Gasteiger partial charge is 0.412 e. The lowest BCUT2D eigenvalue weighted by Crippen LogP contribution is -2.35. The first kappa shape index (κ1) is 27.2. The molecular formula is C25H37N3O6. The van der Waals surface area contributed by atoms with E-state index >= 15 is 0 Å². The van der Waals surface area contributed by atoms with Gasteiger partial charge in [-0.3, -0.25) is 14.5 Å². The van der Waals surface area contributed by atoms with Crippen LogP contribution in [0, 0.1) is 5.41 Å². The Morgan fingerprint density at radius 1 is 1.18 bits per heavy atom. The van der Waals surface area contributed by atoms with Crippen molar-refractivity contribution in [2.45, 2.75) is 40.0 Å². The Labute approximate surface area is 201 Å². The number of carbonyl (C=O) groups excluding carboxylic acids is 3. The van der Waals surface area contributed by atoms with Crippen LogP contribution >= 0.6 is 0 Å². The largest absolute Gasteiger partial charge is 0.507 e. The lowest BCUT2D eigenvalue weighted by Gasteiger charge is -2.25. The molecule has 1 aliphatic rings. The molecule has 1 fully saturated rings. The van der Waals surface area contributed by atoms with Crippen molar-refractivity contribution in [1.82, 2.24) is 15.1 Å². The zero-order valence-corrected chi connectivity index (χ0v) is 20.6. The van der Waals surface area contributed by atoms with Crippen LogP contribution < -0.4 is 10.1 Å². The van der Waals surface area contributed by atoms with Crippen LogP contribution in [0.2, 0.25) is 0 Å². The minimum Gasteiger partial charge on any atom is -0.507 e. The number of carbonyl (C=O) groups is 3. The van der Waals surface area contributed by atoms with Gasteiger partial charge in [0.05, 0.1) is 13.1 Å². The number of phenols is 1. The number of likely N-dealkylation sites (tertiary alicyclic amines) is 1. The highest BCUT2D eigenvalue weighted by molar-refractivity contribution is 5.92. The van der Waals surface area contributed by atoms with E-state index in [0.717, 1.165) is 38.9 Å². The minimum absolute atomic E-state index is 0.0251. The number of aromatic hydroxyl groups is 1. The second kappa shape index (κ2) is 13.0. The number of likely N-dealkylation sites (N-methyl/N-ethyl adjacent to an activating group) is 1. The van der Waals surface area contributed by atoms with Crippen molar-refractivity contribution in [3.8, 4) is 11.5 Å². The maximum Gasteiger partial charge on any atom is 0.412 e. The third kappa shape index (κ3) is 10.2. The predicted molar refractivity (Wildman–Crippen MR) is 130 cm³/mol. The van der Waals surface area contributed by atoms with Crippen molar-refractivity contribution >= 4 is 24.0 Å². The zero-order chi connectivity index (χ0) is 25.1. The number of hydrogen-bond acceptors (Lipinski definition) is 7. The molecule has 1 aromatic carbocycles. The van der Waals surface area contributed by atoms with Crippen LogP contribution in [0.1, 0.15) is 45.6 Å². The molecule has 34 heavy (non-hydrogen) atoms. The quantitative estimate of drug-likeness (QED) is 0.321. The first-order chi connectivity index (χ1) is 16.0. The van der Waals surface area contributed by atoms with Gasteiger partial charge in [-0.1, -0.05) is 20.8 Å². The first-order valence-electron chi connectivity index (χ1n) is 11.6. The summed E-state index contributed by atoms with van der Waals surface area (Å²) in [4.78, 5) is 39.7. The molecule has 0 saturated carbocycles. The molecule has 0 radical (unpaired) electrons. The average molecular weight is 476 g/mol. The third-order valence-corrected chi connectivity index (χ3v) is 5.06. The summed E-state index contributed by atoms with van der Waals surface area (Å²) >= 11 is 0. The monoisotopic (exact) mass is 475 g/mol. The van der Waals surface area contributed by atoms with Gasteiger partial charge in [0.15, 0.2) is 0 Å². The zero-order valence-electron chi connectivity index (χ0n) is 20.6. The Morgan fingerprint density at radius 3 is 2.53 bits per heavy atom. The molecule has 0 spiro atoms. The Hall–Kier alpha value is -3.07. The standard InChI is InChI=1S/C25H37N3O6/c1-25(2,3)18-27(4)17-23(31)33-15-12-26-24(32)34-20-10-8-19(21(29)16-20)9-11-22(30)28-13-6-5-7-14-28/h8-11,16,29H,5-7,12-15,17-18H2,1-4H3,(H,26,32)/b11-9+. The topological polar surface area (TPSA) is 108 Å². The molecule has 2 N–H and O–H groups in total. The molecule has 9 nitrogen and oxygen atoms in total. The van der Waals surface area contributed by atoms with E-state index in [1.807, 2.05) is 11.9 Å². The molecule has 2 amide bonds. The van der Waals surface area contributed by atoms with E-state index in [-0.39, 0.29) is 48.5 Å². The van der Waals surface area contributed by atoms with Crippen LogP contribution in [0.5, 0.6) is 11.5 Å². The number of esters is 1. The van der Waals surface area contributed by atoms with Gasteiger partial charge in [0.25, 0.3) is 0 Å². The summed E-state index contributed by atoms with van der Waals surface area (Å²) in [5, 5.41) is 12.7. The molecule has 1 heterocycles. The molecule has 2 rings (SSSR count). The van der Waals surface area contributed by atoms with Crippen LogP contribution in [0.15, 0.2) is 24.3 Å². The van der Waals surface area contributed by atoms with Crippen LogP contribution in [0.4, 0.5) is 4.79 Å². The van der Waals surface area contributed by atoms with Crippen molar-refractivity contribution in [3.05, 3.63) is 29.8 Å². The van der Waals surface area contributed by atoms with Gasteiger partial charge in [-0.25, -0.2) is 4.79 Å². The van der Waals surface area contributed by atoms with Crippen molar-refractivity contribution in [1.29, 1.82) is 0 Å². The molecule has 1 aromatic rings. The number of rotatable bonds is 9. The van der Waals surface area contributed by atoms with E-state index in [2.05, 4.69) is 26.1 Å². The Kier molecular flexibility index (Phi) is 10.4. The van der Waals surface area contributed by atoms with E-state index in [1.54, 1.807) is 17.0 Å². The van der Waals surface area contributed by atoms with Gasteiger partial charge >= 0.3 is 12.1 Å². The maximum atomic E-state index is 12.2. The van der Waals surface area contributed by atoms with E-state index in [0.29, 0.717) is 5.56 Å². The predicted octanol–water partition coefficient (Wildman–Crippen LogP) is 3.03. The lowest BCUT2D eigenvalue weighted by molar-refractivity contribution is -0.144. The molecular weight excluding hydrogens is 438 g/mol. The number of piperidine rings is 1. The number of benzene rings is 1. The fraction of sp³-hybridized carbons (Fsp3) is 0.560. The van der Waals surface area contributed by atoms with Crippen LogP contribution in [0.25, 0.3) is 6.08 Å². The Balaban J connectivity index is 1.71. The molecule has 0 aliphatic carbocycles. The lowest BCUT2D eigenvalue weighted by atomic mass is 9.96. The summed E-state index contributed by atoms with van der Waals surface area (Å²) in [5.74, 6) is -0.411. The molecule has 0 bridgehead atoms. The molecule has 0 unspecified atom stereocenters. The highest BCUT2D eigenvalue weighted by atomic mass is 16.6. The second-order valence-electron chi connectivity index (χ2n) is 9.71. The SMILES string of the molecule is CN(CC(=O)OCCNC(=O)Oc1ccc(/C=C/C(=O)N2CCCCC2)c(O)c1)CC(C)(C)C. The van der Waals surface area contributed by atoms with Gasteiger partial charge in [0.2, 0.25) is 5.91 Å². The molecule has 0 aromatic heterocycles. The number of ether oxygens (including phenoxy) is 2. The molecule has 1 aliphatic heterocycles. The van der Waals surface area contributed by atoms with Crippen molar-refractivity contribution in [2.75, 3.05) is 46.4 Å². The number of amides is 2. The normalized spacial score (nSPS) is 14.3. The van der Waals surface area contributed by atoms with Crippen molar-refractivity contribution in [3.63, 3.8) is 0 Å².